The van der Waals surface area contributed by atoms with Crippen LogP contribution in [0.3, 0.4) is 0 Å². The molecule has 0 saturated heterocycles. The van der Waals surface area contributed by atoms with Gasteiger partial charge in [0.1, 0.15) is 0 Å². The van der Waals surface area contributed by atoms with Crippen molar-refractivity contribution in [2.45, 2.75) is 0 Å². The first-order chi connectivity index (χ1) is 8.49. The summed E-state index contributed by atoms with van der Waals surface area (Å²) < 4.78 is 1.63. The molecule has 2 rings (SSSR count). The fourth-order valence-electron chi connectivity index (χ4n) is 1.37. The van der Waals surface area contributed by atoms with Gasteiger partial charge in [0, 0.05) is 12.3 Å². The van der Waals surface area contributed by atoms with Gasteiger partial charge in [-0.15, -0.1) is 0 Å². The Bertz CT molecular complexity index is 638. The Morgan fingerprint density at radius 3 is 2.67 bits per heavy atom. The predicted octanol–water partition coefficient (Wildman–Crippen LogP) is 2.24. The van der Waals surface area contributed by atoms with Crippen LogP contribution in [-0.2, 0) is 0 Å². The molecule has 1 aromatic heterocycles. The number of aromatic carboxylic acids is 1. The van der Waals surface area contributed by atoms with Crippen molar-refractivity contribution in [2.24, 2.45) is 0 Å². The van der Waals surface area contributed by atoms with E-state index in [0.29, 0.717) is 10.2 Å². The molecule has 0 aliphatic rings. The highest BCUT2D eigenvalue weighted by Crippen LogP contribution is 2.26. The number of hydrogen-bond acceptors (Lipinski definition) is 4. The molecule has 92 valence electrons. The Morgan fingerprint density at radius 2 is 2.17 bits per heavy atom. The summed E-state index contributed by atoms with van der Waals surface area (Å²) >= 11 is 3.08. The Morgan fingerprint density at radius 1 is 1.44 bits per heavy atom. The summed E-state index contributed by atoms with van der Waals surface area (Å²) in [7, 11) is 0. The maximum atomic E-state index is 10.7. The van der Waals surface area contributed by atoms with Crippen molar-refractivity contribution in [2.75, 3.05) is 0 Å². The lowest BCUT2D eigenvalue weighted by Crippen LogP contribution is -2.01. The Hall–Kier alpha value is -2.22. The van der Waals surface area contributed by atoms with Gasteiger partial charge in [0.25, 0.3) is 5.69 Å². The number of halogens is 1. The van der Waals surface area contributed by atoms with Gasteiger partial charge < -0.3 is 5.11 Å². The van der Waals surface area contributed by atoms with Crippen molar-refractivity contribution in [3.05, 3.63) is 50.7 Å². The quantitative estimate of drug-likeness (QED) is 0.692. The number of carboxylic acid groups (broad SMARTS) is 1. The van der Waals surface area contributed by atoms with Crippen molar-refractivity contribution >= 4 is 27.6 Å². The smallest absolute Gasteiger partial charge is 0.356 e. The van der Waals surface area contributed by atoms with E-state index in [-0.39, 0.29) is 11.4 Å². The molecule has 8 heteroatoms. The Balaban J connectivity index is 2.42. The molecule has 0 bridgehead atoms. The van der Waals surface area contributed by atoms with Gasteiger partial charge in [-0.2, -0.15) is 5.10 Å². The maximum absolute atomic E-state index is 10.7. The number of rotatable bonds is 3. The van der Waals surface area contributed by atoms with E-state index in [1.165, 1.54) is 35.1 Å². The lowest BCUT2D eigenvalue weighted by atomic mass is 10.3. The van der Waals surface area contributed by atoms with E-state index in [1.54, 1.807) is 0 Å². The minimum absolute atomic E-state index is 0.0654. The van der Waals surface area contributed by atoms with Crippen molar-refractivity contribution in [3.8, 4) is 5.69 Å². The molecule has 1 aromatic carbocycles. The lowest BCUT2D eigenvalue weighted by Gasteiger charge is -2.02. The topological polar surface area (TPSA) is 98.3 Å². The van der Waals surface area contributed by atoms with Gasteiger partial charge in [-0.05, 0) is 34.1 Å². The molecule has 0 saturated carbocycles. The number of nitrogens with zero attached hydrogens (tertiary/aromatic N) is 3. The largest absolute Gasteiger partial charge is 0.476 e. The molecular weight excluding hydrogens is 306 g/mol. The first-order valence-corrected chi connectivity index (χ1v) is 5.51. The molecule has 18 heavy (non-hydrogen) atoms. The van der Waals surface area contributed by atoms with E-state index in [0.717, 1.165) is 0 Å². The molecule has 0 unspecified atom stereocenters. The predicted molar refractivity (Wildman–Crippen MR) is 64.9 cm³/mol. The first kappa shape index (κ1) is 12.2. The maximum Gasteiger partial charge on any atom is 0.356 e. The van der Waals surface area contributed by atoms with Crippen LogP contribution < -0.4 is 0 Å². The summed E-state index contributed by atoms with van der Waals surface area (Å²) in [6, 6.07) is 5.65. The van der Waals surface area contributed by atoms with Crippen molar-refractivity contribution in [1.29, 1.82) is 0 Å². The molecule has 0 amide bonds. The summed E-state index contributed by atoms with van der Waals surface area (Å²) in [5.74, 6) is -1.13. The third kappa shape index (κ3) is 2.23. The summed E-state index contributed by atoms with van der Waals surface area (Å²) in [5, 5.41) is 23.2. The summed E-state index contributed by atoms with van der Waals surface area (Å²) in [6.45, 7) is 0. The summed E-state index contributed by atoms with van der Waals surface area (Å²) in [5.41, 5.74) is 0.369. The Labute approximate surface area is 109 Å². The van der Waals surface area contributed by atoms with E-state index < -0.39 is 10.9 Å². The molecule has 7 nitrogen and oxygen atoms in total. The van der Waals surface area contributed by atoms with Crippen LogP contribution in [-0.4, -0.2) is 25.8 Å². The first-order valence-electron chi connectivity index (χ1n) is 4.72. The van der Waals surface area contributed by atoms with Gasteiger partial charge in [0.15, 0.2) is 5.69 Å². The van der Waals surface area contributed by atoms with Gasteiger partial charge in [-0.1, -0.05) is 0 Å². The van der Waals surface area contributed by atoms with Crippen LogP contribution >= 0.6 is 15.9 Å². The van der Waals surface area contributed by atoms with Crippen LogP contribution in [0.2, 0.25) is 0 Å². The van der Waals surface area contributed by atoms with Gasteiger partial charge >= 0.3 is 5.97 Å². The third-order valence-corrected chi connectivity index (χ3v) is 2.84. The molecule has 1 heterocycles. The third-order valence-electron chi connectivity index (χ3n) is 2.20. The van der Waals surface area contributed by atoms with E-state index >= 15 is 0 Å². The molecule has 1 N–H and O–H groups in total. The van der Waals surface area contributed by atoms with Crippen molar-refractivity contribution in [1.82, 2.24) is 9.78 Å². The molecule has 0 radical (unpaired) electrons. The zero-order valence-corrected chi connectivity index (χ0v) is 10.4. The number of nitro groups is 1. The number of benzene rings is 1. The highest BCUT2D eigenvalue weighted by molar-refractivity contribution is 9.10. The average Bonchev–Trinajstić information content (AvgIpc) is 2.77. The highest BCUT2D eigenvalue weighted by Gasteiger charge is 2.13. The number of hydrogen-bond donors (Lipinski definition) is 1. The lowest BCUT2D eigenvalue weighted by molar-refractivity contribution is -0.385. The van der Waals surface area contributed by atoms with Crippen LogP contribution in [0.5, 0.6) is 0 Å². The van der Waals surface area contributed by atoms with E-state index in [4.69, 9.17) is 5.11 Å². The molecule has 0 aliphatic carbocycles. The van der Waals surface area contributed by atoms with E-state index in [9.17, 15) is 14.9 Å². The molecule has 0 aliphatic heterocycles. The second-order valence-electron chi connectivity index (χ2n) is 3.34. The van der Waals surface area contributed by atoms with Crippen LogP contribution in [0.15, 0.2) is 34.9 Å². The van der Waals surface area contributed by atoms with E-state index in [2.05, 4.69) is 21.0 Å². The normalized spacial score (nSPS) is 10.3. The van der Waals surface area contributed by atoms with Crippen molar-refractivity contribution in [3.63, 3.8) is 0 Å². The molecular formula is C10H6BrN3O4. The number of aromatic nitrogens is 2. The zero-order valence-electron chi connectivity index (χ0n) is 8.78. The zero-order chi connectivity index (χ0) is 13.3. The number of carbonyl (C=O) groups is 1. The summed E-state index contributed by atoms with van der Waals surface area (Å²) in [6.07, 6.45) is 1.47. The summed E-state index contributed by atoms with van der Waals surface area (Å²) in [4.78, 5) is 20.8. The fourth-order valence-corrected chi connectivity index (χ4v) is 1.88. The minimum atomic E-state index is -1.13. The van der Waals surface area contributed by atoms with E-state index in [1.807, 2.05) is 0 Å². The number of nitro benzene ring substituents is 1. The average molecular weight is 312 g/mol. The molecule has 2 aromatic rings. The van der Waals surface area contributed by atoms with Gasteiger partial charge in [0.05, 0.1) is 15.1 Å². The van der Waals surface area contributed by atoms with Gasteiger partial charge in [-0.3, -0.25) is 10.1 Å². The minimum Gasteiger partial charge on any atom is -0.476 e. The van der Waals surface area contributed by atoms with Crippen LogP contribution in [0.25, 0.3) is 5.69 Å². The second kappa shape index (κ2) is 4.57. The van der Waals surface area contributed by atoms with Crippen LogP contribution in [0.4, 0.5) is 5.69 Å². The molecule has 0 spiro atoms. The SMILES string of the molecule is O=C(O)c1ccn(-c2ccc([N+](=O)[O-])c(Br)c2)n1. The van der Waals surface area contributed by atoms with Crippen LogP contribution in [0, 0.1) is 10.1 Å². The monoisotopic (exact) mass is 311 g/mol. The fraction of sp³-hybridized carbons (Fsp3) is 0. The van der Waals surface area contributed by atoms with Crippen LogP contribution in [0.1, 0.15) is 10.5 Å². The highest BCUT2D eigenvalue weighted by atomic mass is 79.9. The van der Waals surface area contributed by atoms with Gasteiger partial charge in [-0.25, -0.2) is 9.48 Å². The number of carboxylic acids is 1. The van der Waals surface area contributed by atoms with Crippen molar-refractivity contribution < 1.29 is 14.8 Å². The standard InChI is InChI=1S/C10H6BrN3O4/c11-7-5-6(1-2-9(7)14(17)18)13-4-3-8(12-13)10(15)16/h1-5H,(H,15,16). The molecule has 0 fully saturated rings. The molecule has 0 atom stereocenters. The van der Waals surface area contributed by atoms with Gasteiger partial charge in [0.2, 0.25) is 0 Å². The second-order valence-corrected chi connectivity index (χ2v) is 4.20. The Kier molecular flexibility index (Phi) is 3.11.